The van der Waals surface area contributed by atoms with Crippen LogP contribution < -0.4 is 45.0 Å². The smallest absolute Gasteiger partial charge is 0.329 e. The fourth-order valence-corrected chi connectivity index (χ4v) is 12.8. The highest BCUT2D eigenvalue weighted by Crippen LogP contribution is 2.47. The number of nitrogens with zero attached hydrogens (tertiary/aromatic N) is 2. The summed E-state index contributed by atoms with van der Waals surface area (Å²) in [6.07, 6.45) is 6.54. The lowest BCUT2D eigenvalue weighted by Crippen LogP contribution is -2.46. The van der Waals surface area contributed by atoms with E-state index in [9.17, 15) is 63.2 Å². The minimum absolute atomic E-state index is 0. The Morgan fingerprint density at radius 2 is 0.848 bits per heavy atom. The molecular formula is C61H99FN8O20Si2. The van der Waals surface area contributed by atoms with Crippen LogP contribution in [0.25, 0.3) is 0 Å². The minimum Gasteiger partial charge on any atom is -0.411 e. The Morgan fingerprint density at radius 1 is 0.554 bits per heavy atom. The molecule has 0 spiro atoms. The average Bonchev–Trinajstić information content (AvgIpc) is 1.70. The van der Waals surface area contributed by atoms with Gasteiger partial charge in [0.05, 0.1) is 81.5 Å². The molecule has 4 aliphatic rings. The van der Waals surface area contributed by atoms with Gasteiger partial charge in [-0.2, -0.15) is 0 Å². The highest BCUT2D eigenvalue weighted by Gasteiger charge is 2.51. The third-order valence-electron chi connectivity index (χ3n) is 17.3. The van der Waals surface area contributed by atoms with Crippen molar-refractivity contribution in [1.29, 1.82) is 0 Å². The average molecular weight is 1340 g/mol. The Morgan fingerprint density at radius 3 is 1.14 bits per heavy atom. The number of terminal acetylenes is 2. The molecule has 92 heavy (non-hydrogen) atoms. The van der Waals surface area contributed by atoms with E-state index < -0.39 is 143 Å². The van der Waals surface area contributed by atoms with Gasteiger partial charge < -0.3 is 68.4 Å². The number of ether oxygens (including phenoxy) is 4. The second kappa shape index (κ2) is 34.2. The molecule has 8 heterocycles. The monoisotopic (exact) mass is 1340 g/mol. The third kappa shape index (κ3) is 19.0. The minimum atomic E-state index is -2.08. The largest absolute Gasteiger partial charge is 0.411 e. The van der Waals surface area contributed by atoms with Crippen molar-refractivity contribution < 1.29 is 64.2 Å². The molecule has 0 bridgehead atoms. The second-order valence-electron chi connectivity index (χ2n) is 25.3. The van der Waals surface area contributed by atoms with Crippen molar-refractivity contribution in [3.8, 4) is 24.7 Å². The zero-order valence-electron chi connectivity index (χ0n) is 54.3. The fourth-order valence-electron chi connectivity index (χ4n) is 10.0. The number of halogens is 1. The lowest BCUT2D eigenvalue weighted by Gasteiger charge is -2.40. The second-order valence-corrected chi connectivity index (χ2v) is 34.8. The zero-order valence-corrected chi connectivity index (χ0v) is 55.3. The Kier molecular flexibility index (Phi) is 29.7. The maximum absolute atomic E-state index is 12.5. The van der Waals surface area contributed by atoms with Crippen molar-refractivity contribution in [3.63, 3.8) is 0 Å². The number of aliphatic hydroxyl groups excluding tert-OH is 6. The summed E-state index contributed by atoms with van der Waals surface area (Å²) in [6.45, 7) is 29.4. The molecule has 0 saturated carbocycles. The van der Waals surface area contributed by atoms with Gasteiger partial charge in [0.2, 0.25) is 0 Å². The van der Waals surface area contributed by atoms with Crippen LogP contribution in [-0.2, 0) is 40.9 Å². The predicted molar refractivity (Wildman–Crippen MR) is 348 cm³/mol. The number of H-pyrrole nitrogens is 6. The number of hydrogen-bond donors (Lipinski definition) is 12. The van der Waals surface area contributed by atoms with E-state index >= 15 is 0 Å². The number of alkyl halides is 1. The lowest BCUT2D eigenvalue weighted by molar-refractivity contribution is -0.0233. The fraction of sp³-hybridized carbons (Fsp3) is 0.672. The van der Waals surface area contributed by atoms with E-state index in [-0.39, 0.29) is 85.4 Å². The molecule has 28 nitrogen and oxygen atoms in total. The molecule has 518 valence electrons. The van der Waals surface area contributed by atoms with Crippen LogP contribution >= 0.6 is 0 Å². The molecule has 4 aliphatic heterocycles. The van der Waals surface area contributed by atoms with Gasteiger partial charge in [-0.05, 0) is 49.1 Å². The molecule has 31 heteroatoms. The van der Waals surface area contributed by atoms with Crippen LogP contribution in [0.3, 0.4) is 0 Å². The van der Waals surface area contributed by atoms with Gasteiger partial charge in [-0.25, -0.2) is 19.2 Å². The van der Waals surface area contributed by atoms with Gasteiger partial charge in [-0.15, -0.1) is 12.8 Å². The van der Waals surface area contributed by atoms with Crippen molar-refractivity contribution in [3.05, 3.63) is 130 Å². The first-order chi connectivity index (χ1) is 42.3. The molecule has 8 rings (SSSR count). The number of rotatable bonds is 14. The van der Waals surface area contributed by atoms with E-state index in [1.807, 2.05) is 4.98 Å². The first-order valence-corrected chi connectivity index (χ1v) is 35.1. The highest BCUT2D eigenvalue weighted by molar-refractivity contribution is 6.74. The maximum Gasteiger partial charge on any atom is 0.329 e. The molecule has 16 atom stereocenters. The highest BCUT2D eigenvalue weighted by atomic mass is 28.4. The summed E-state index contributed by atoms with van der Waals surface area (Å²) in [5.41, 5.74) is -3.88. The van der Waals surface area contributed by atoms with Crippen molar-refractivity contribution in [2.45, 2.75) is 232 Å². The Balaban J connectivity index is 0.000000418. The maximum atomic E-state index is 12.5. The van der Waals surface area contributed by atoms with Crippen LogP contribution in [0.5, 0.6) is 0 Å². The number of nitrogens with one attached hydrogen (secondary N) is 6. The van der Waals surface area contributed by atoms with Crippen molar-refractivity contribution in [1.82, 2.24) is 39.0 Å². The van der Waals surface area contributed by atoms with Gasteiger partial charge in [0, 0.05) is 36.6 Å². The van der Waals surface area contributed by atoms with Crippen LogP contribution in [-0.4, -0.2) is 168 Å². The van der Waals surface area contributed by atoms with E-state index in [0.717, 1.165) is 23.6 Å². The number of aromatic amines is 6. The van der Waals surface area contributed by atoms with E-state index in [1.165, 1.54) is 23.2 Å². The summed E-state index contributed by atoms with van der Waals surface area (Å²) in [5, 5.41) is 56.7. The summed E-state index contributed by atoms with van der Waals surface area (Å²) in [4.78, 5) is 107. The number of aromatic nitrogens is 8. The first kappa shape index (κ1) is 80.0. The van der Waals surface area contributed by atoms with Gasteiger partial charge >= 0.3 is 22.8 Å². The predicted octanol–water partition coefficient (Wildman–Crippen LogP) is 2.38. The summed E-state index contributed by atoms with van der Waals surface area (Å²) in [7, 11) is -5.10. The van der Waals surface area contributed by atoms with Crippen molar-refractivity contribution in [2.24, 2.45) is 11.8 Å². The summed E-state index contributed by atoms with van der Waals surface area (Å²) >= 11 is 0. The van der Waals surface area contributed by atoms with E-state index in [4.69, 9.17) is 52.2 Å². The van der Waals surface area contributed by atoms with Crippen LogP contribution in [0.4, 0.5) is 4.39 Å². The standard InChI is InChI=1S/C20H32N2O4Si.C17H30N2O4Si.C12H14N2O6.C9H12N2O6.CH3F.2CH4/c1-9-11-22-12-14(18(23)21-19(22)24)17-16(13(3)15(10-2)25-17)26-27(7,8)20(4,5)6;1-8-12-10(2)13(23-24(6,7)17(3,4)5)14(22-12)11-9-18-16(21)19-15(11)20;1-2-3-14-4-6(11(18)13-12(14)19)10-9(17)8(16)7(5-15)20-10;12-2-4-5(13)6(14)7(17-4)3-1-10-9(16)11-8(3)15;1-2;;/h1,12-13,15-17H,10-11H2,2-8H3,(H,21,23,24);9-10,12-14H,8H2,1-7H3,(H2,18,19,20,21);1,4,7-10,15-17H,3,5H2,(H,13,18,19);1,4-7,12-14H,2H2,(H2,10,11,15,16);1H3;2*1H4/t13-,15+,16?,17-;10-,12+,13?,14-;7-,8+,9?,10+;4-,5+,6?,7+;;;/m0011.../s1/i;;;;1D;;. The molecule has 0 amide bonds. The first-order valence-electron chi connectivity index (χ1n) is 30.0. The third-order valence-corrected chi connectivity index (χ3v) is 26.3. The summed E-state index contributed by atoms with van der Waals surface area (Å²) in [5.74, 6) is 5.01. The Labute approximate surface area is 537 Å². The molecule has 4 saturated heterocycles. The van der Waals surface area contributed by atoms with E-state index in [2.05, 4.69) is 132 Å². The molecule has 12 N–H and O–H groups in total. The van der Waals surface area contributed by atoms with Crippen molar-refractivity contribution in [2.75, 3.05) is 20.4 Å². The quantitative estimate of drug-likeness (QED) is 0.0637. The van der Waals surface area contributed by atoms with Crippen molar-refractivity contribution >= 4 is 16.6 Å². The van der Waals surface area contributed by atoms with Crippen LogP contribution in [0, 0.1) is 36.5 Å². The van der Waals surface area contributed by atoms with Gasteiger partial charge in [0.1, 0.15) is 61.0 Å². The topological polar surface area (TPSA) is 418 Å². The molecule has 4 aromatic heterocycles. The van der Waals surface area contributed by atoms with Gasteiger partial charge in [0.25, 0.3) is 22.2 Å². The molecule has 0 aliphatic carbocycles. The van der Waals surface area contributed by atoms with Gasteiger partial charge in [-0.1, -0.05) is 95.9 Å². The molecule has 4 aromatic rings. The van der Waals surface area contributed by atoms with E-state index in [1.54, 1.807) is 0 Å². The molecule has 4 unspecified atom stereocenters. The lowest BCUT2D eigenvalue weighted by atomic mass is 9.95. The number of aliphatic hydroxyl groups is 6. The Bertz CT molecular complexity index is 3630. The van der Waals surface area contributed by atoms with Crippen LogP contribution in [0.2, 0.25) is 36.3 Å². The molecule has 0 aromatic carbocycles. The SMILES string of the molecule is C.C.C#CCn1cc([C@@H]2O[C@H](CC)[C@H](C)C2O[Si](C)(C)C(C)(C)C)c(=O)[nH]c1=O.C#CCn1cc([C@@H]2O[C@H](CO)[C@H](O)C2O)c(=O)[nH]c1=O.CC[C@H]1O[C@@H](c2c[nH]c(=O)[nH]c2=O)C(O[Si](C)(C)C(C)(C)C)[C@H]1C.O=c1[nH]cc([C@@H]2O[C@H](CO)[C@H](O)C2O)c(=O)[nH]1.[2H]CF. The Hall–Kier alpha value is -6.28. The summed E-state index contributed by atoms with van der Waals surface area (Å²) < 4.78 is 54.0. The molecular weight excluding hydrogens is 1240 g/mol. The summed E-state index contributed by atoms with van der Waals surface area (Å²) in [6, 6.07) is 0. The van der Waals surface area contributed by atoms with Gasteiger partial charge in [0.15, 0.2) is 16.6 Å². The van der Waals surface area contributed by atoms with Crippen LogP contribution in [0.1, 0.15) is 145 Å². The zero-order chi connectivity index (χ0) is 69.0. The van der Waals surface area contributed by atoms with Crippen LogP contribution in [0.15, 0.2) is 63.1 Å². The molecule has 4 fully saturated rings. The number of hydrogen-bond acceptors (Lipinski definition) is 20. The molecule has 0 radical (unpaired) electrons. The van der Waals surface area contributed by atoms with Gasteiger partial charge in [-0.3, -0.25) is 52.6 Å². The van der Waals surface area contributed by atoms with E-state index in [0.29, 0.717) is 11.1 Å². The normalized spacial score (nSPS) is 27.7.